The van der Waals surface area contributed by atoms with Gasteiger partial charge in [-0.25, -0.2) is 0 Å². The average molecular weight is 384 g/mol. The molecule has 0 unspecified atom stereocenters. The molecule has 2 heterocycles. The quantitative estimate of drug-likeness (QED) is 0.788. The minimum atomic E-state index is -0.572. The third-order valence-electron chi connectivity index (χ3n) is 5.92. The van der Waals surface area contributed by atoms with Crippen LogP contribution in [0, 0.1) is 5.92 Å². The summed E-state index contributed by atoms with van der Waals surface area (Å²) in [5, 5.41) is 18.1. The Balaban J connectivity index is 1.45. The van der Waals surface area contributed by atoms with Gasteiger partial charge in [-0.15, -0.1) is 0 Å². The van der Waals surface area contributed by atoms with Crippen molar-refractivity contribution < 1.29 is 14.6 Å². The van der Waals surface area contributed by atoms with Crippen molar-refractivity contribution >= 4 is 5.91 Å². The third kappa shape index (κ3) is 3.91. The van der Waals surface area contributed by atoms with E-state index < -0.39 is 6.10 Å². The Hall–Kier alpha value is -2.38. The lowest BCUT2D eigenvalue weighted by molar-refractivity contribution is 0.0117. The standard InChI is InChI=1S/C21H28N4O3/c1-24-17(9-10-23-24)21(27)22-14-15-13-18(28-16-7-3-2-4-8-16)20(26)19(15)25-11-5-6-12-25/h2-4,7-10,15,18-20,26H,5-6,11-14H2,1H3,(H,22,27)/t15-,18+,19-,20-/m0/s1. The smallest absolute Gasteiger partial charge is 0.269 e. The monoisotopic (exact) mass is 384 g/mol. The minimum Gasteiger partial charge on any atom is -0.488 e. The highest BCUT2D eigenvalue weighted by Gasteiger charge is 2.47. The molecule has 1 aliphatic carbocycles. The Morgan fingerprint density at radius 1 is 1.25 bits per heavy atom. The first kappa shape index (κ1) is 19.0. The van der Waals surface area contributed by atoms with Crippen LogP contribution >= 0.6 is 0 Å². The van der Waals surface area contributed by atoms with E-state index in [1.165, 1.54) is 0 Å². The molecule has 4 atom stereocenters. The van der Waals surface area contributed by atoms with Crippen molar-refractivity contribution in [2.45, 2.75) is 37.5 Å². The lowest BCUT2D eigenvalue weighted by Gasteiger charge is -2.31. The highest BCUT2D eigenvalue weighted by Crippen LogP contribution is 2.35. The number of likely N-dealkylation sites (tertiary alicyclic amines) is 1. The van der Waals surface area contributed by atoms with Crippen LogP contribution in [-0.2, 0) is 7.05 Å². The van der Waals surface area contributed by atoms with E-state index in [1.54, 1.807) is 24.0 Å². The van der Waals surface area contributed by atoms with Gasteiger partial charge in [0, 0.05) is 25.8 Å². The van der Waals surface area contributed by atoms with Crippen molar-refractivity contribution in [3.8, 4) is 5.75 Å². The second-order valence-corrected chi connectivity index (χ2v) is 7.74. The van der Waals surface area contributed by atoms with Crippen LogP contribution in [0.3, 0.4) is 0 Å². The Morgan fingerprint density at radius 3 is 2.68 bits per heavy atom. The van der Waals surface area contributed by atoms with Crippen LogP contribution in [0.1, 0.15) is 29.8 Å². The van der Waals surface area contributed by atoms with Gasteiger partial charge >= 0.3 is 0 Å². The number of hydrogen-bond donors (Lipinski definition) is 2. The molecule has 28 heavy (non-hydrogen) atoms. The summed E-state index contributed by atoms with van der Waals surface area (Å²) in [7, 11) is 1.75. The highest BCUT2D eigenvalue weighted by molar-refractivity contribution is 5.92. The molecule has 0 bridgehead atoms. The molecule has 4 rings (SSSR count). The Morgan fingerprint density at radius 2 is 2.00 bits per heavy atom. The van der Waals surface area contributed by atoms with E-state index >= 15 is 0 Å². The molecular weight excluding hydrogens is 356 g/mol. The fraction of sp³-hybridized carbons (Fsp3) is 0.524. The number of benzene rings is 1. The third-order valence-corrected chi connectivity index (χ3v) is 5.92. The van der Waals surface area contributed by atoms with E-state index in [-0.39, 0.29) is 24.0 Å². The number of carbonyl (C=O) groups is 1. The molecule has 0 spiro atoms. The number of amides is 1. The maximum Gasteiger partial charge on any atom is 0.269 e. The van der Waals surface area contributed by atoms with Gasteiger partial charge in [-0.05, 0) is 56.5 Å². The molecule has 0 radical (unpaired) electrons. The number of hydrogen-bond acceptors (Lipinski definition) is 5. The van der Waals surface area contributed by atoms with Gasteiger partial charge < -0.3 is 15.2 Å². The lowest BCUT2D eigenvalue weighted by Crippen LogP contribution is -2.47. The molecule has 2 aliphatic rings. The molecular formula is C21H28N4O3. The number of rotatable bonds is 6. The van der Waals surface area contributed by atoms with Crippen molar-refractivity contribution in [3.63, 3.8) is 0 Å². The van der Waals surface area contributed by atoms with E-state index in [9.17, 15) is 9.90 Å². The molecule has 1 aliphatic heterocycles. The number of nitrogens with zero attached hydrogens (tertiary/aromatic N) is 3. The molecule has 1 amide bonds. The fourth-order valence-electron chi connectivity index (χ4n) is 4.54. The molecule has 2 fully saturated rings. The number of aromatic nitrogens is 2. The van der Waals surface area contributed by atoms with Gasteiger partial charge in [0.25, 0.3) is 5.91 Å². The van der Waals surface area contributed by atoms with Crippen molar-refractivity contribution in [2.24, 2.45) is 13.0 Å². The lowest BCUT2D eigenvalue weighted by atomic mass is 10.0. The summed E-state index contributed by atoms with van der Waals surface area (Å²) in [5.41, 5.74) is 0.536. The van der Waals surface area contributed by atoms with Gasteiger partial charge in [0.05, 0.1) is 0 Å². The van der Waals surface area contributed by atoms with Crippen molar-refractivity contribution in [1.82, 2.24) is 20.0 Å². The van der Waals surface area contributed by atoms with Crippen LogP contribution in [-0.4, -0.2) is 63.6 Å². The number of ether oxygens (including phenoxy) is 1. The van der Waals surface area contributed by atoms with E-state index in [2.05, 4.69) is 15.3 Å². The Labute approximate surface area is 165 Å². The maximum atomic E-state index is 12.5. The zero-order valence-corrected chi connectivity index (χ0v) is 16.2. The summed E-state index contributed by atoms with van der Waals surface area (Å²) in [6, 6.07) is 11.3. The van der Waals surface area contributed by atoms with E-state index in [0.717, 1.165) is 31.7 Å². The molecule has 1 saturated carbocycles. The van der Waals surface area contributed by atoms with E-state index in [0.29, 0.717) is 18.7 Å². The predicted octanol–water partition coefficient (Wildman–Crippen LogP) is 1.44. The molecule has 150 valence electrons. The number of carbonyl (C=O) groups excluding carboxylic acids is 1. The summed E-state index contributed by atoms with van der Waals surface area (Å²) >= 11 is 0. The fourth-order valence-corrected chi connectivity index (χ4v) is 4.54. The van der Waals surface area contributed by atoms with E-state index in [4.69, 9.17) is 4.74 Å². The highest BCUT2D eigenvalue weighted by atomic mass is 16.5. The van der Waals surface area contributed by atoms with Gasteiger partial charge in [0.1, 0.15) is 23.7 Å². The Kier molecular flexibility index (Phi) is 5.64. The normalized spacial score (nSPS) is 27.8. The number of aliphatic hydroxyl groups is 1. The van der Waals surface area contributed by atoms with Gasteiger partial charge in [-0.2, -0.15) is 5.10 Å². The van der Waals surface area contributed by atoms with Crippen LogP contribution in [0.25, 0.3) is 0 Å². The predicted molar refractivity (Wildman–Crippen MR) is 105 cm³/mol. The number of para-hydroxylation sites is 1. The second kappa shape index (κ2) is 8.32. The van der Waals surface area contributed by atoms with Crippen molar-refractivity contribution in [3.05, 3.63) is 48.3 Å². The maximum absolute atomic E-state index is 12.5. The van der Waals surface area contributed by atoms with Gasteiger partial charge in [0.15, 0.2) is 0 Å². The number of aryl methyl sites for hydroxylation is 1. The molecule has 2 N–H and O–H groups in total. The molecule has 2 aromatic rings. The number of nitrogens with one attached hydrogen (secondary N) is 1. The Bertz CT molecular complexity index is 788. The topological polar surface area (TPSA) is 79.6 Å². The van der Waals surface area contributed by atoms with Crippen LogP contribution in [0.4, 0.5) is 0 Å². The summed E-state index contributed by atoms with van der Waals surface area (Å²) in [4.78, 5) is 14.8. The molecule has 7 nitrogen and oxygen atoms in total. The first-order chi connectivity index (χ1) is 13.6. The first-order valence-electron chi connectivity index (χ1n) is 10.0. The van der Waals surface area contributed by atoms with E-state index in [1.807, 2.05) is 30.3 Å². The molecule has 1 saturated heterocycles. The second-order valence-electron chi connectivity index (χ2n) is 7.74. The molecule has 1 aromatic heterocycles. The zero-order chi connectivity index (χ0) is 19.5. The van der Waals surface area contributed by atoms with Gasteiger partial charge in [-0.3, -0.25) is 14.4 Å². The van der Waals surface area contributed by atoms with Gasteiger partial charge in [-0.1, -0.05) is 18.2 Å². The number of aliphatic hydroxyl groups excluding tert-OH is 1. The van der Waals surface area contributed by atoms with Crippen molar-refractivity contribution in [1.29, 1.82) is 0 Å². The largest absolute Gasteiger partial charge is 0.488 e. The van der Waals surface area contributed by atoms with Crippen LogP contribution in [0.5, 0.6) is 5.75 Å². The minimum absolute atomic E-state index is 0.00282. The molecule has 1 aromatic carbocycles. The summed E-state index contributed by atoms with van der Waals surface area (Å²) in [6.07, 6.45) is 3.79. The first-order valence-corrected chi connectivity index (χ1v) is 10.0. The SMILES string of the molecule is Cn1nccc1C(=O)NC[C@@H]1C[C@@H](Oc2ccccc2)[C@H](O)[C@H]1N1CCCC1. The van der Waals surface area contributed by atoms with Gasteiger partial charge in [0.2, 0.25) is 0 Å². The summed E-state index contributed by atoms with van der Waals surface area (Å²) in [6.45, 7) is 2.49. The van der Waals surface area contributed by atoms with Crippen LogP contribution in [0.2, 0.25) is 0 Å². The van der Waals surface area contributed by atoms with Crippen LogP contribution in [0.15, 0.2) is 42.6 Å². The summed E-state index contributed by atoms with van der Waals surface area (Å²) in [5.74, 6) is 0.771. The zero-order valence-electron chi connectivity index (χ0n) is 16.2. The summed E-state index contributed by atoms with van der Waals surface area (Å²) < 4.78 is 7.67. The van der Waals surface area contributed by atoms with Crippen molar-refractivity contribution in [2.75, 3.05) is 19.6 Å². The average Bonchev–Trinajstić information content (AvgIpc) is 3.42. The van der Waals surface area contributed by atoms with Crippen LogP contribution < -0.4 is 10.1 Å². The molecule has 7 heteroatoms.